The minimum Gasteiger partial charge on any atom is -0.396 e. The fourth-order valence-corrected chi connectivity index (χ4v) is 2.73. The van der Waals surface area contributed by atoms with Crippen molar-refractivity contribution in [3.63, 3.8) is 0 Å². The van der Waals surface area contributed by atoms with Gasteiger partial charge in [0, 0.05) is 13.0 Å². The number of aliphatic hydroxyl groups excluding tert-OH is 1. The number of hydrogen-bond acceptors (Lipinski definition) is 2. The molecule has 0 aromatic heterocycles. The molecule has 0 amide bonds. The molecule has 0 unspecified atom stereocenters. The third kappa shape index (κ3) is 1.35. The summed E-state index contributed by atoms with van der Waals surface area (Å²) in [5.41, 5.74) is 2.89. The van der Waals surface area contributed by atoms with Crippen LogP contribution in [-0.2, 0) is 5.60 Å². The first-order valence-electron chi connectivity index (χ1n) is 5.80. The van der Waals surface area contributed by atoms with E-state index in [-0.39, 0.29) is 6.61 Å². The predicted octanol–water partition coefficient (Wildman–Crippen LogP) is 2.29. The van der Waals surface area contributed by atoms with Gasteiger partial charge in [0.2, 0.25) is 0 Å². The Hall–Kier alpha value is -1.64. The van der Waals surface area contributed by atoms with Gasteiger partial charge in [-0.2, -0.15) is 0 Å². The summed E-state index contributed by atoms with van der Waals surface area (Å²) in [6.45, 7) is -0.0286. The van der Waals surface area contributed by atoms with E-state index < -0.39 is 5.60 Å². The van der Waals surface area contributed by atoms with Crippen LogP contribution in [0, 0.1) is 0 Å². The molecule has 0 saturated heterocycles. The van der Waals surface area contributed by atoms with Crippen LogP contribution in [0.3, 0.4) is 0 Å². The maximum atomic E-state index is 10.8. The van der Waals surface area contributed by atoms with Crippen LogP contribution in [0.1, 0.15) is 17.5 Å². The van der Waals surface area contributed by atoms with Crippen LogP contribution in [0.5, 0.6) is 0 Å². The predicted molar refractivity (Wildman–Crippen MR) is 66.6 cm³/mol. The van der Waals surface area contributed by atoms with Crippen molar-refractivity contribution in [2.75, 3.05) is 6.61 Å². The molecule has 0 radical (unpaired) electrons. The maximum Gasteiger partial charge on any atom is 0.118 e. The highest BCUT2D eigenvalue weighted by atomic mass is 16.3. The second-order valence-electron chi connectivity index (χ2n) is 4.43. The molecule has 0 atom stereocenters. The van der Waals surface area contributed by atoms with Crippen molar-refractivity contribution in [2.24, 2.45) is 0 Å². The molecule has 0 saturated carbocycles. The standard InChI is InChI=1S/C15H14O2/c16-10-9-15(17)13-7-3-1-5-11(13)12-6-2-4-8-14(12)15/h1-8,16-17H,9-10H2. The summed E-state index contributed by atoms with van der Waals surface area (Å²) in [7, 11) is 0. The third-order valence-electron chi connectivity index (χ3n) is 3.51. The summed E-state index contributed by atoms with van der Waals surface area (Å²) in [6, 6.07) is 15.7. The first-order chi connectivity index (χ1) is 8.27. The average Bonchev–Trinajstić information content (AvgIpc) is 2.62. The first kappa shape index (κ1) is 10.5. The van der Waals surface area contributed by atoms with Crippen molar-refractivity contribution >= 4 is 0 Å². The zero-order chi connectivity index (χ0) is 11.9. The number of fused-ring (bicyclic) bond motifs is 3. The zero-order valence-corrected chi connectivity index (χ0v) is 9.43. The number of benzene rings is 2. The second kappa shape index (κ2) is 3.69. The Morgan fingerprint density at radius 3 is 1.76 bits per heavy atom. The van der Waals surface area contributed by atoms with E-state index in [1.807, 2.05) is 48.5 Å². The first-order valence-corrected chi connectivity index (χ1v) is 5.80. The molecule has 2 N–H and O–H groups in total. The van der Waals surface area contributed by atoms with Gasteiger partial charge in [0.1, 0.15) is 5.60 Å². The summed E-state index contributed by atoms with van der Waals surface area (Å²) in [5.74, 6) is 0. The summed E-state index contributed by atoms with van der Waals surface area (Å²) >= 11 is 0. The monoisotopic (exact) mass is 226 g/mol. The molecule has 86 valence electrons. The minimum atomic E-state index is -1.04. The van der Waals surface area contributed by atoms with Gasteiger partial charge < -0.3 is 10.2 Å². The van der Waals surface area contributed by atoms with Crippen molar-refractivity contribution < 1.29 is 10.2 Å². The van der Waals surface area contributed by atoms with Gasteiger partial charge in [0.25, 0.3) is 0 Å². The van der Waals surface area contributed by atoms with Crippen LogP contribution in [0.2, 0.25) is 0 Å². The van der Waals surface area contributed by atoms with Gasteiger partial charge in [-0.05, 0) is 22.3 Å². The highest BCUT2D eigenvalue weighted by Gasteiger charge is 2.40. The lowest BCUT2D eigenvalue weighted by atomic mass is 9.88. The van der Waals surface area contributed by atoms with E-state index in [0.29, 0.717) is 6.42 Å². The molecule has 2 aromatic rings. The number of hydrogen-bond donors (Lipinski definition) is 2. The Morgan fingerprint density at radius 2 is 1.29 bits per heavy atom. The van der Waals surface area contributed by atoms with Gasteiger partial charge in [-0.15, -0.1) is 0 Å². The molecule has 1 aliphatic carbocycles. The molecule has 2 heteroatoms. The van der Waals surface area contributed by atoms with Gasteiger partial charge in [-0.1, -0.05) is 48.5 Å². The minimum absolute atomic E-state index is 0.0286. The lowest BCUT2D eigenvalue weighted by molar-refractivity contribution is 0.0552. The van der Waals surface area contributed by atoms with E-state index >= 15 is 0 Å². The second-order valence-corrected chi connectivity index (χ2v) is 4.43. The normalized spacial score (nSPS) is 15.4. The Morgan fingerprint density at radius 1 is 0.824 bits per heavy atom. The molecule has 1 aliphatic rings. The van der Waals surface area contributed by atoms with Crippen LogP contribution in [0.15, 0.2) is 48.5 Å². The highest BCUT2D eigenvalue weighted by Crippen LogP contribution is 2.48. The van der Waals surface area contributed by atoms with E-state index in [2.05, 4.69) is 0 Å². The van der Waals surface area contributed by atoms with E-state index in [4.69, 9.17) is 0 Å². The molecule has 0 bridgehead atoms. The topological polar surface area (TPSA) is 40.5 Å². The number of rotatable bonds is 2. The average molecular weight is 226 g/mol. The van der Waals surface area contributed by atoms with Crippen molar-refractivity contribution in [1.82, 2.24) is 0 Å². The molecule has 17 heavy (non-hydrogen) atoms. The molecule has 0 spiro atoms. The van der Waals surface area contributed by atoms with Crippen LogP contribution in [-0.4, -0.2) is 16.8 Å². The molecule has 0 aliphatic heterocycles. The molecular formula is C15H14O2. The van der Waals surface area contributed by atoms with Gasteiger partial charge in [-0.3, -0.25) is 0 Å². The Kier molecular flexibility index (Phi) is 2.28. The number of aliphatic hydroxyl groups is 2. The van der Waals surface area contributed by atoms with Gasteiger partial charge in [0.15, 0.2) is 0 Å². The fraction of sp³-hybridized carbons (Fsp3) is 0.200. The summed E-state index contributed by atoms with van der Waals surface area (Å²) in [6.07, 6.45) is 0.334. The van der Waals surface area contributed by atoms with Gasteiger partial charge >= 0.3 is 0 Å². The molecule has 3 rings (SSSR count). The third-order valence-corrected chi connectivity index (χ3v) is 3.51. The highest BCUT2D eigenvalue weighted by molar-refractivity contribution is 5.79. The van der Waals surface area contributed by atoms with E-state index in [1.165, 1.54) is 0 Å². The van der Waals surface area contributed by atoms with Crippen molar-refractivity contribution in [2.45, 2.75) is 12.0 Å². The Labute approximate surface area is 100 Å². The van der Waals surface area contributed by atoms with Gasteiger partial charge in [0.05, 0.1) is 0 Å². The molecule has 0 heterocycles. The maximum absolute atomic E-state index is 10.8. The van der Waals surface area contributed by atoms with E-state index in [0.717, 1.165) is 22.3 Å². The Bertz CT molecular complexity index is 515. The van der Waals surface area contributed by atoms with E-state index in [1.54, 1.807) is 0 Å². The SMILES string of the molecule is OCCC1(O)c2ccccc2-c2ccccc21. The summed E-state index contributed by atoms with van der Waals surface area (Å²) in [4.78, 5) is 0. The van der Waals surface area contributed by atoms with Gasteiger partial charge in [-0.25, -0.2) is 0 Å². The molecular weight excluding hydrogens is 212 g/mol. The van der Waals surface area contributed by atoms with Crippen LogP contribution >= 0.6 is 0 Å². The zero-order valence-electron chi connectivity index (χ0n) is 9.43. The smallest absolute Gasteiger partial charge is 0.118 e. The van der Waals surface area contributed by atoms with Crippen LogP contribution < -0.4 is 0 Å². The largest absolute Gasteiger partial charge is 0.396 e. The van der Waals surface area contributed by atoms with E-state index in [9.17, 15) is 10.2 Å². The van der Waals surface area contributed by atoms with Crippen LogP contribution in [0.4, 0.5) is 0 Å². The quantitative estimate of drug-likeness (QED) is 0.824. The Balaban J connectivity index is 2.31. The molecule has 2 aromatic carbocycles. The molecule has 0 fully saturated rings. The fourth-order valence-electron chi connectivity index (χ4n) is 2.73. The summed E-state index contributed by atoms with van der Waals surface area (Å²) in [5, 5.41) is 20.0. The van der Waals surface area contributed by atoms with Crippen molar-refractivity contribution in [1.29, 1.82) is 0 Å². The molecule has 2 nitrogen and oxygen atoms in total. The van der Waals surface area contributed by atoms with Crippen molar-refractivity contribution in [3.05, 3.63) is 59.7 Å². The summed E-state index contributed by atoms with van der Waals surface area (Å²) < 4.78 is 0. The lowest BCUT2D eigenvalue weighted by Crippen LogP contribution is -2.25. The lowest BCUT2D eigenvalue weighted by Gasteiger charge is -2.24. The van der Waals surface area contributed by atoms with Crippen LogP contribution in [0.25, 0.3) is 11.1 Å². The van der Waals surface area contributed by atoms with Crippen molar-refractivity contribution in [3.8, 4) is 11.1 Å².